The Hall–Kier alpha value is -5.15. The Balaban J connectivity index is 1.44. The standard InChI is InChI=1S/C38H27N3/c1-38(2)31-22-25(24-11-4-3-5-12-24)21-30-29-23-26(18-19-34(29)41(36(30)31)35-17-10-20-39-37(35)38)40-32-15-8-6-13-27(32)28-14-7-9-16-33(28)40/h3-23H,1-2H3. The number of fused-ring (bicyclic) bond motifs is 8. The van der Waals surface area contributed by atoms with Gasteiger partial charge in [-0.05, 0) is 85.1 Å². The molecule has 0 radical (unpaired) electrons. The van der Waals surface area contributed by atoms with Crippen LogP contribution in [-0.2, 0) is 5.41 Å². The second kappa shape index (κ2) is 7.96. The van der Waals surface area contributed by atoms with Crippen molar-refractivity contribution in [1.82, 2.24) is 14.1 Å². The zero-order chi connectivity index (χ0) is 27.3. The number of nitrogens with zero attached hydrogens (tertiary/aromatic N) is 3. The molecule has 0 saturated heterocycles. The summed E-state index contributed by atoms with van der Waals surface area (Å²) in [7, 11) is 0. The molecule has 4 heterocycles. The van der Waals surface area contributed by atoms with Gasteiger partial charge < -0.3 is 9.13 Å². The Morgan fingerprint density at radius 3 is 1.98 bits per heavy atom. The monoisotopic (exact) mass is 525 g/mol. The van der Waals surface area contributed by atoms with E-state index >= 15 is 0 Å². The average Bonchev–Trinajstić information content (AvgIpc) is 3.53. The maximum atomic E-state index is 4.95. The summed E-state index contributed by atoms with van der Waals surface area (Å²) >= 11 is 0. The molecule has 0 amide bonds. The lowest BCUT2D eigenvalue weighted by atomic mass is 9.76. The van der Waals surface area contributed by atoms with Crippen LogP contribution in [-0.4, -0.2) is 14.1 Å². The minimum atomic E-state index is -0.236. The van der Waals surface area contributed by atoms with Gasteiger partial charge >= 0.3 is 0 Å². The third kappa shape index (κ3) is 2.95. The number of hydrogen-bond acceptors (Lipinski definition) is 1. The Morgan fingerprint density at radius 2 is 1.22 bits per heavy atom. The molecule has 3 aromatic heterocycles. The van der Waals surface area contributed by atoms with Gasteiger partial charge in [-0.1, -0.05) is 66.7 Å². The summed E-state index contributed by atoms with van der Waals surface area (Å²) in [5.74, 6) is 0. The zero-order valence-corrected chi connectivity index (χ0v) is 23.0. The fourth-order valence-corrected chi connectivity index (χ4v) is 7.19. The second-order valence-electron chi connectivity index (χ2n) is 11.7. The van der Waals surface area contributed by atoms with Crippen molar-refractivity contribution < 1.29 is 0 Å². The summed E-state index contributed by atoms with van der Waals surface area (Å²) in [6.07, 6.45) is 1.93. The van der Waals surface area contributed by atoms with Crippen molar-refractivity contribution in [3.05, 3.63) is 139 Å². The van der Waals surface area contributed by atoms with Crippen LogP contribution in [0.5, 0.6) is 0 Å². The van der Waals surface area contributed by atoms with Gasteiger partial charge in [-0.15, -0.1) is 0 Å². The molecule has 3 heteroatoms. The van der Waals surface area contributed by atoms with Crippen LogP contribution in [0.3, 0.4) is 0 Å². The first-order chi connectivity index (χ1) is 20.1. The summed E-state index contributed by atoms with van der Waals surface area (Å²) < 4.78 is 4.85. The predicted molar refractivity (Wildman–Crippen MR) is 170 cm³/mol. The van der Waals surface area contributed by atoms with Crippen LogP contribution in [0.2, 0.25) is 0 Å². The van der Waals surface area contributed by atoms with Crippen molar-refractivity contribution in [1.29, 1.82) is 0 Å². The minimum absolute atomic E-state index is 0.236. The zero-order valence-electron chi connectivity index (χ0n) is 23.0. The summed E-state index contributed by atoms with van der Waals surface area (Å²) in [5, 5.41) is 5.09. The van der Waals surface area contributed by atoms with Crippen molar-refractivity contribution in [2.24, 2.45) is 0 Å². The van der Waals surface area contributed by atoms with Crippen molar-refractivity contribution >= 4 is 43.6 Å². The fraction of sp³-hybridized carbons (Fsp3) is 0.0789. The molecular formula is C38H27N3. The molecule has 0 bridgehead atoms. The van der Waals surface area contributed by atoms with E-state index in [1.807, 2.05) is 6.20 Å². The molecule has 0 aliphatic carbocycles. The van der Waals surface area contributed by atoms with Crippen LogP contribution < -0.4 is 0 Å². The molecule has 9 rings (SSSR count). The second-order valence-corrected chi connectivity index (χ2v) is 11.7. The van der Waals surface area contributed by atoms with Gasteiger partial charge in [-0.2, -0.15) is 0 Å². The van der Waals surface area contributed by atoms with Gasteiger partial charge in [-0.3, -0.25) is 4.98 Å². The van der Waals surface area contributed by atoms with Crippen LogP contribution in [0, 0.1) is 0 Å². The van der Waals surface area contributed by atoms with Crippen LogP contribution in [0.15, 0.2) is 128 Å². The molecule has 0 N–H and O–H groups in total. The van der Waals surface area contributed by atoms with E-state index in [1.165, 1.54) is 71.7 Å². The molecule has 1 aliphatic rings. The molecule has 41 heavy (non-hydrogen) atoms. The van der Waals surface area contributed by atoms with Gasteiger partial charge in [0.1, 0.15) is 0 Å². The Bertz CT molecular complexity index is 2280. The van der Waals surface area contributed by atoms with Crippen LogP contribution in [0.4, 0.5) is 0 Å². The highest BCUT2D eigenvalue weighted by Gasteiger charge is 2.36. The largest absolute Gasteiger partial charge is 0.309 e. The molecule has 194 valence electrons. The van der Waals surface area contributed by atoms with E-state index in [2.05, 4.69) is 144 Å². The van der Waals surface area contributed by atoms with E-state index in [0.29, 0.717) is 0 Å². The van der Waals surface area contributed by atoms with Gasteiger partial charge in [0.25, 0.3) is 0 Å². The molecule has 3 nitrogen and oxygen atoms in total. The number of rotatable bonds is 2. The molecule has 0 spiro atoms. The third-order valence-electron chi connectivity index (χ3n) is 9.08. The number of aromatic nitrogens is 3. The first-order valence-corrected chi connectivity index (χ1v) is 14.2. The quantitative estimate of drug-likeness (QED) is 0.220. The summed E-state index contributed by atoms with van der Waals surface area (Å²) in [6, 6.07) is 44.2. The average molecular weight is 526 g/mol. The lowest BCUT2D eigenvalue weighted by Crippen LogP contribution is -2.27. The normalized spacial score (nSPS) is 13.8. The van der Waals surface area contributed by atoms with Crippen LogP contribution in [0.25, 0.3) is 66.1 Å². The Labute approximate surface area is 237 Å². The SMILES string of the molecule is CC1(C)c2ncccc2-n2c3ccc(-n4c5ccccc5c5ccccc54)cc3c3cc(-c4ccccc4)cc1c32. The maximum absolute atomic E-state index is 4.95. The summed E-state index contributed by atoms with van der Waals surface area (Å²) in [5.41, 5.74) is 11.9. The first kappa shape index (κ1) is 22.6. The maximum Gasteiger partial charge on any atom is 0.0744 e. The Kier molecular flexibility index (Phi) is 4.39. The Morgan fingerprint density at radius 1 is 0.537 bits per heavy atom. The van der Waals surface area contributed by atoms with Gasteiger partial charge in [0.2, 0.25) is 0 Å². The lowest BCUT2D eigenvalue weighted by molar-refractivity contribution is 0.606. The van der Waals surface area contributed by atoms with Crippen LogP contribution >= 0.6 is 0 Å². The number of pyridine rings is 1. The smallest absolute Gasteiger partial charge is 0.0744 e. The lowest BCUT2D eigenvalue weighted by Gasteiger charge is -2.33. The highest BCUT2D eigenvalue weighted by atomic mass is 15.0. The summed E-state index contributed by atoms with van der Waals surface area (Å²) in [6.45, 7) is 4.63. The number of benzene rings is 5. The van der Waals surface area contributed by atoms with Crippen molar-refractivity contribution in [3.63, 3.8) is 0 Å². The van der Waals surface area contributed by atoms with Crippen LogP contribution in [0.1, 0.15) is 25.1 Å². The molecule has 0 fully saturated rings. The molecule has 8 aromatic rings. The molecular weight excluding hydrogens is 498 g/mol. The van der Waals surface area contributed by atoms with E-state index in [-0.39, 0.29) is 5.41 Å². The van der Waals surface area contributed by atoms with Crippen molar-refractivity contribution in [3.8, 4) is 22.5 Å². The predicted octanol–water partition coefficient (Wildman–Crippen LogP) is 9.58. The van der Waals surface area contributed by atoms with E-state index in [0.717, 1.165) is 5.69 Å². The topological polar surface area (TPSA) is 22.8 Å². The highest BCUT2D eigenvalue weighted by molar-refractivity contribution is 6.14. The van der Waals surface area contributed by atoms with Gasteiger partial charge in [-0.25, -0.2) is 0 Å². The third-order valence-corrected chi connectivity index (χ3v) is 9.08. The van der Waals surface area contributed by atoms with E-state index in [9.17, 15) is 0 Å². The van der Waals surface area contributed by atoms with E-state index in [1.54, 1.807) is 0 Å². The first-order valence-electron chi connectivity index (χ1n) is 14.2. The number of para-hydroxylation sites is 2. The highest BCUT2D eigenvalue weighted by Crippen LogP contribution is 2.48. The molecule has 1 aliphatic heterocycles. The summed E-state index contributed by atoms with van der Waals surface area (Å²) in [4.78, 5) is 4.95. The number of hydrogen-bond donors (Lipinski definition) is 0. The van der Waals surface area contributed by atoms with Gasteiger partial charge in [0.15, 0.2) is 0 Å². The minimum Gasteiger partial charge on any atom is -0.309 e. The van der Waals surface area contributed by atoms with Crippen molar-refractivity contribution in [2.45, 2.75) is 19.3 Å². The molecule has 0 saturated carbocycles. The van der Waals surface area contributed by atoms with E-state index in [4.69, 9.17) is 4.98 Å². The van der Waals surface area contributed by atoms with Gasteiger partial charge in [0, 0.05) is 38.8 Å². The molecule has 0 atom stereocenters. The fourth-order valence-electron chi connectivity index (χ4n) is 7.19. The van der Waals surface area contributed by atoms with Crippen molar-refractivity contribution in [2.75, 3.05) is 0 Å². The molecule has 0 unspecified atom stereocenters. The molecule has 5 aromatic carbocycles. The van der Waals surface area contributed by atoms with E-state index < -0.39 is 0 Å². The van der Waals surface area contributed by atoms with Gasteiger partial charge in [0.05, 0.1) is 33.4 Å².